The van der Waals surface area contributed by atoms with Crippen LogP contribution in [0.3, 0.4) is 0 Å². The number of ether oxygens (including phenoxy) is 1. The molecule has 2 aliphatic heterocycles. The predicted octanol–water partition coefficient (Wildman–Crippen LogP) is 1.77. The number of nitrogen functional groups attached to an aromatic ring is 1. The summed E-state index contributed by atoms with van der Waals surface area (Å²) >= 11 is 0. The van der Waals surface area contributed by atoms with E-state index in [1.807, 2.05) is 6.07 Å². The number of hydrogen-bond acceptors (Lipinski definition) is 8. The van der Waals surface area contributed by atoms with Gasteiger partial charge in [-0.15, -0.1) is 0 Å². The van der Waals surface area contributed by atoms with E-state index in [0.29, 0.717) is 49.9 Å². The molecule has 0 radical (unpaired) electrons. The molecule has 2 aromatic rings. The van der Waals surface area contributed by atoms with Gasteiger partial charge in [0.2, 0.25) is 0 Å². The van der Waals surface area contributed by atoms with E-state index in [1.165, 1.54) is 0 Å². The molecule has 28 heavy (non-hydrogen) atoms. The molecule has 0 aromatic carbocycles. The standard InChI is InChI=1S/C19H25N5O3S/c1-13-12-27-8-7-24(13)17-11-15(19(2)5-3-9-28(19,25)26)22-18(23-17)14-4-6-21-16(20)10-14/h4,6,10-11,13H,3,5,7-9,12H2,1-2H3,(H2,20,21)/t13-,19-/m1/s1. The fourth-order valence-corrected chi connectivity index (χ4v) is 5.76. The van der Waals surface area contributed by atoms with Crippen LogP contribution >= 0.6 is 0 Å². The molecular weight excluding hydrogens is 378 g/mol. The third kappa shape index (κ3) is 3.22. The van der Waals surface area contributed by atoms with Gasteiger partial charge in [-0.05, 0) is 38.8 Å². The van der Waals surface area contributed by atoms with E-state index in [2.05, 4.69) is 21.8 Å². The van der Waals surface area contributed by atoms with Gasteiger partial charge in [0.25, 0.3) is 0 Å². The Morgan fingerprint density at radius 1 is 1.32 bits per heavy atom. The Morgan fingerprint density at radius 2 is 2.14 bits per heavy atom. The number of hydrogen-bond donors (Lipinski definition) is 1. The van der Waals surface area contributed by atoms with Crippen molar-refractivity contribution in [2.45, 2.75) is 37.5 Å². The largest absolute Gasteiger partial charge is 0.384 e. The second kappa shape index (κ2) is 6.97. The van der Waals surface area contributed by atoms with Gasteiger partial charge in [0.1, 0.15) is 16.4 Å². The maximum Gasteiger partial charge on any atom is 0.162 e. The zero-order valence-corrected chi connectivity index (χ0v) is 16.9. The van der Waals surface area contributed by atoms with Crippen LogP contribution < -0.4 is 10.6 Å². The Bertz CT molecular complexity index is 997. The van der Waals surface area contributed by atoms with Gasteiger partial charge < -0.3 is 15.4 Å². The van der Waals surface area contributed by atoms with Crippen molar-refractivity contribution in [3.8, 4) is 11.4 Å². The highest BCUT2D eigenvalue weighted by Crippen LogP contribution is 2.41. The highest BCUT2D eigenvalue weighted by atomic mass is 32.2. The quantitative estimate of drug-likeness (QED) is 0.825. The second-order valence-corrected chi connectivity index (χ2v) is 10.2. The molecule has 2 aliphatic rings. The fourth-order valence-electron chi connectivity index (χ4n) is 3.90. The van der Waals surface area contributed by atoms with Crippen LogP contribution in [-0.2, 0) is 19.3 Å². The van der Waals surface area contributed by atoms with Crippen molar-refractivity contribution in [2.24, 2.45) is 0 Å². The molecule has 2 atom stereocenters. The lowest BCUT2D eigenvalue weighted by Gasteiger charge is -2.35. The van der Waals surface area contributed by atoms with E-state index in [9.17, 15) is 8.42 Å². The number of sulfone groups is 1. The number of nitrogens with zero attached hydrogens (tertiary/aromatic N) is 4. The van der Waals surface area contributed by atoms with Crippen molar-refractivity contribution in [2.75, 3.05) is 36.1 Å². The van der Waals surface area contributed by atoms with E-state index in [0.717, 1.165) is 11.4 Å². The molecule has 2 fully saturated rings. The number of aromatic nitrogens is 3. The molecule has 4 heterocycles. The summed E-state index contributed by atoms with van der Waals surface area (Å²) in [5, 5.41) is 0. The van der Waals surface area contributed by atoms with Crippen molar-refractivity contribution in [1.82, 2.24) is 15.0 Å². The van der Waals surface area contributed by atoms with Gasteiger partial charge in [0.15, 0.2) is 15.7 Å². The summed E-state index contributed by atoms with van der Waals surface area (Å²) < 4.78 is 30.2. The maximum atomic E-state index is 12.8. The number of rotatable bonds is 3. The van der Waals surface area contributed by atoms with Crippen LogP contribution in [0.15, 0.2) is 24.4 Å². The van der Waals surface area contributed by atoms with E-state index < -0.39 is 14.6 Å². The molecule has 0 aliphatic carbocycles. The maximum absolute atomic E-state index is 12.8. The first-order valence-corrected chi connectivity index (χ1v) is 11.1. The minimum absolute atomic E-state index is 0.139. The second-order valence-electron chi connectivity index (χ2n) is 7.67. The zero-order valence-electron chi connectivity index (χ0n) is 16.1. The van der Waals surface area contributed by atoms with Gasteiger partial charge in [-0.25, -0.2) is 23.4 Å². The first-order chi connectivity index (χ1) is 13.3. The predicted molar refractivity (Wildman–Crippen MR) is 108 cm³/mol. The first-order valence-electron chi connectivity index (χ1n) is 9.48. The van der Waals surface area contributed by atoms with Gasteiger partial charge in [-0.3, -0.25) is 0 Å². The number of pyridine rings is 1. The lowest BCUT2D eigenvalue weighted by atomic mass is 10.0. The summed E-state index contributed by atoms with van der Waals surface area (Å²) in [6.07, 6.45) is 2.80. The summed E-state index contributed by atoms with van der Waals surface area (Å²) in [6, 6.07) is 5.46. The van der Waals surface area contributed by atoms with Crippen LogP contribution in [0.4, 0.5) is 11.6 Å². The van der Waals surface area contributed by atoms with Gasteiger partial charge in [0, 0.05) is 24.4 Å². The number of anilines is 2. The Kier molecular flexibility index (Phi) is 4.75. The topological polar surface area (TPSA) is 111 Å². The van der Waals surface area contributed by atoms with Crippen LogP contribution in [-0.4, -0.2) is 54.9 Å². The van der Waals surface area contributed by atoms with E-state index in [4.69, 9.17) is 15.5 Å². The highest BCUT2D eigenvalue weighted by Gasteiger charge is 2.46. The van der Waals surface area contributed by atoms with Crippen LogP contribution in [0, 0.1) is 0 Å². The number of morpholine rings is 1. The summed E-state index contributed by atoms with van der Waals surface area (Å²) in [6.45, 7) is 5.75. The molecule has 9 heteroatoms. The van der Waals surface area contributed by atoms with Crippen molar-refractivity contribution < 1.29 is 13.2 Å². The lowest BCUT2D eigenvalue weighted by molar-refractivity contribution is 0.0985. The molecule has 2 N–H and O–H groups in total. The molecule has 0 amide bonds. The molecular formula is C19H25N5O3S. The Labute approximate surface area is 165 Å². The van der Waals surface area contributed by atoms with E-state index in [-0.39, 0.29) is 11.8 Å². The fraction of sp³-hybridized carbons (Fsp3) is 0.526. The molecule has 2 aromatic heterocycles. The Morgan fingerprint density at radius 3 is 2.82 bits per heavy atom. The molecule has 0 unspecified atom stereocenters. The third-order valence-corrected chi connectivity index (χ3v) is 8.32. The van der Waals surface area contributed by atoms with Gasteiger partial charge in [0.05, 0.1) is 30.7 Å². The average Bonchev–Trinajstić information content (AvgIpc) is 2.95. The Hall–Kier alpha value is -2.26. The number of nitrogens with two attached hydrogens (primary N) is 1. The van der Waals surface area contributed by atoms with E-state index >= 15 is 0 Å². The van der Waals surface area contributed by atoms with Gasteiger partial charge >= 0.3 is 0 Å². The minimum Gasteiger partial charge on any atom is -0.384 e. The smallest absolute Gasteiger partial charge is 0.162 e. The van der Waals surface area contributed by atoms with Gasteiger partial charge in [-0.1, -0.05) is 0 Å². The van der Waals surface area contributed by atoms with Crippen LogP contribution in [0.5, 0.6) is 0 Å². The Balaban J connectivity index is 1.88. The molecule has 0 saturated carbocycles. The van der Waals surface area contributed by atoms with Crippen LogP contribution in [0.1, 0.15) is 32.4 Å². The third-order valence-electron chi connectivity index (χ3n) is 5.71. The van der Waals surface area contributed by atoms with Crippen LogP contribution in [0.25, 0.3) is 11.4 Å². The molecule has 8 nitrogen and oxygen atoms in total. The average molecular weight is 404 g/mol. The molecule has 0 spiro atoms. The van der Waals surface area contributed by atoms with Crippen molar-refractivity contribution in [3.05, 3.63) is 30.1 Å². The summed E-state index contributed by atoms with van der Waals surface area (Å²) in [5.41, 5.74) is 7.10. The summed E-state index contributed by atoms with van der Waals surface area (Å²) in [5.74, 6) is 1.74. The van der Waals surface area contributed by atoms with Crippen molar-refractivity contribution in [3.63, 3.8) is 0 Å². The summed E-state index contributed by atoms with van der Waals surface area (Å²) in [7, 11) is -3.28. The molecule has 0 bridgehead atoms. The SMILES string of the molecule is C[C@@H]1COCCN1c1cc([C@@]2(C)CCCS2(=O)=O)nc(-c2ccnc(N)c2)n1. The monoisotopic (exact) mass is 403 g/mol. The van der Waals surface area contributed by atoms with Crippen LogP contribution in [0.2, 0.25) is 0 Å². The highest BCUT2D eigenvalue weighted by molar-refractivity contribution is 7.92. The van der Waals surface area contributed by atoms with Gasteiger partial charge in [-0.2, -0.15) is 0 Å². The zero-order chi connectivity index (χ0) is 19.9. The molecule has 2 saturated heterocycles. The molecule has 4 rings (SSSR count). The normalized spacial score (nSPS) is 27.1. The van der Waals surface area contributed by atoms with Crippen molar-refractivity contribution in [1.29, 1.82) is 0 Å². The minimum atomic E-state index is -3.28. The first kappa shape index (κ1) is 19.1. The van der Waals surface area contributed by atoms with E-state index in [1.54, 1.807) is 25.3 Å². The molecule has 150 valence electrons. The lowest BCUT2D eigenvalue weighted by Crippen LogP contribution is -2.44. The summed E-state index contributed by atoms with van der Waals surface area (Å²) in [4.78, 5) is 15.6. The van der Waals surface area contributed by atoms with Crippen molar-refractivity contribution >= 4 is 21.5 Å².